The molecule has 3 aliphatic rings. The molecule has 0 unspecified atom stereocenters. The lowest BCUT2D eigenvalue weighted by molar-refractivity contribution is -0.356. The average Bonchev–Trinajstić information content (AvgIpc) is 2.67. The molecule has 0 aliphatic carbocycles. The summed E-state index contributed by atoms with van der Waals surface area (Å²) in [6, 6.07) is 0. The summed E-state index contributed by atoms with van der Waals surface area (Å²) < 4.78 is 26.0. The first-order valence-electron chi connectivity index (χ1n) is 8.81. The van der Waals surface area contributed by atoms with Gasteiger partial charge in [-0.1, -0.05) is 0 Å². The lowest BCUT2D eigenvalue weighted by atomic mass is 10.0. The van der Waals surface area contributed by atoms with Crippen LogP contribution >= 0.6 is 0 Å². The third-order valence-corrected chi connectivity index (χ3v) is 4.94. The molecule has 3 rings (SSSR count). The van der Waals surface area contributed by atoms with Gasteiger partial charge in [-0.05, 0) is 0 Å². The molecule has 164 valence electrons. The van der Waals surface area contributed by atoms with E-state index in [9.17, 15) is 40.9 Å². The van der Waals surface area contributed by atoms with Crippen LogP contribution in [0.3, 0.4) is 0 Å². The number of aliphatic hydroxyl groups is 8. The average molecular weight is 414 g/mol. The summed E-state index contributed by atoms with van der Waals surface area (Å²) in [5.41, 5.74) is 0. The molecule has 13 heteroatoms. The molecule has 8 N–H and O–H groups in total. The second-order valence-electron chi connectivity index (χ2n) is 6.99. The van der Waals surface area contributed by atoms with Crippen molar-refractivity contribution in [1.82, 2.24) is 0 Å². The lowest BCUT2D eigenvalue weighted by Gasteiger charge is -2.43. The van der Waals surface area contributed by atoms with Crippen molar-refractivity contribution in [3.05, 3.63) is 0 Å². The molecular formula is C15H26O13. The lowest BCUT2D eigenvalue weighted by Crippen LogP contribution is -2.62. The first kappa shape index (κ1) is 22.2. The van der Waals surface area contributed by atoms with Gasteiger partial charge in [0.1, 0.15) is 54.9 Å². The van der Waals surface area contributed by atoms with E-state index in [1.807, 2.05) is 0 Å². The highest BCUT2D eigenvalue weighted by atomic mass is 16.7. The second kappa shape index (κ2) is 9.09. The Balaban J connectivity index is 1.62. The standard InChI is InChI=1S/C15H26O13/c16-4-1-25-14(10(21)7(4)18)27-6-3-24-13(23)12(9(6)20)28-15-11(22)8(19)5(17)2-26-15/h4-23H,1-3H2/t4-,5-,6-,7+,8+,9+,10-,11-,12-,13+,14+,15+/m1/s1. The quantitative estimate of drug-likeness (QED) is 0.216. The van der Waals surface area contributed by atoms with Crippen LogP contribution in [0.4, 0.5) is 0 Å². The van der Waals surface area contributed by atoms with Crippen molar-refractivity contribution in [1.29, 1.82) is 0 Å². The minimum atomic E-state index is -1.65. The molecule has 0 saturated carbocycles. The van der Waals surface area contributed by atoms with E-state index >= 15 is 0 Å². The molecule has 0 aromatic heterocycles. The van der Waals surface area contributed by atoms with Crippen LogP contribution in [0.1, 0.15) is 0 Å². The fourth-order valence-electron chi connectivity index (χ4n) is 3.16. The monoisotopic (exact) mass is 414 g/mol. The Kier molecular flexibility index (Phi) is 7.20. The second-order valence-corrected chi connectivity index (χ2v) is 6.99. The SMILES string of the molecule is O[C@@H]1[C@@H](O)[C@H](O[C@@H]2[C@@H](O)[C@H](O[C@@H]3OC[C@@H](O)[C@H](O)[C@H]3O)CO[C@@H]2O)OC[C@H]1O. The Bertz CT molecular complexity index is 508. The number of ether oxygens (including phenoxy) is 5. The molecule has 0 aromatic rings. The van der Waals surface area contributed by atoms with Crippen LogP contribution in [-0.2, 0) is 23.7 Å². The van der Waals surface area contributed by atoms with Gasteiger partial charge in [-0.25, -0.2) is 0 Å². The van der Waals surface area contributed by atoms with Gasteiger partial charge in [0.2, 0.25) is 0 Å². The van der Waals surface area contributed by atoms with Crippen LogP contribution in [0.5, 0.6) is 0 Å². The third kappa shape index (κ3) is 4.46. The number of hydrogen-bond donors (Lipinski definition) is 8. The van der Waals surface area contributed by atoms with Crippen LogP contribution in [0.2, 0.25) is 0 Å². The van der Waals surface area contributed by atoms with Gasteiger partial charge >= 0.3 is 0 Å². The van der Waals surface area contributed by atoms with Crippen LogP contribution in [0.15, 0.2) is 0 Å². The molecule has 0 aromatic carbocycles. The van der Waals surface area contributed by atoms with Crippen LogP contribution in [0.25, 0.3) is 0 Å². The Morgan fingerprint density at radius 1 is 0.536 bits per heavy atom. The Morgan fingerprint density at radius 3 is 1.57 bits per heavy atom. The fraction of sp³-hybridized carbons (Fsp3) is 1.00. The maximum atomic E-state index is 10.5. The van der Waals surface area contributed by atoms with Crippen LogP contribution < -0.4 is 0 Å². The van der Waals surface area contributed by atoms with Gasteiger partial charge in [-0.3, -0.25) is 0 Å². The van der Waals surface area contributed by atoms with Crippen molar-refractivity contribution in [3.63, 3.8) is 0 Å². The zero-order valence-corrected chi connectivity index (χ0v) is 14.7. The summed E-state index contributed by atoms with van der Waals surface area (Å²) in [4.78, 5) is 0. The molecule has 3 saturated heterocycles. The van der Waals surface area contributed by atoms with Crippen molar-refractivity contribution in [2.75, 3.05) is 19.8 Å². The van der Waals surface area contributed by atoms with Crippen molar-refractivity contribution in [3.8, 4) is 0 Å². The molecule has 0 radical (unpaired) electrons. The van der Waals surface area contributed by atoms with E-state index in [0.717, 1.165) is 0 Å². The molecular weight excluding hydrogens is 388 g/mol. The highest BCUT2D eigenvalue weighted by Crippen LogP contribution is 2.27. The van der Waals surface area contributed by atoms with Gasteiger partial charge in [0.25, 0.3) is 0 Å². The highest BCUT2D eigenvalue weighted by Gasteiger charge is 2.48. The van der Waals surface area contributed by atoms with Gasteiger partial charge in [0.05, 0.1) is 19.8 Å². The predicted molar refractivity (Wildman–Crippen MR) is 83.2 cm³/mol. The summed E-state index contributed by atoms with van der Waals surface area (Å²) in [6.45, 7) is -0.967. The predicted octanol–water partition coefficient (Wildman–Crippen LogP) is -5.66. The molecule has 0 bridgehead atoms. The summed E-state index contributed by atoms with van der Waals surface area (Å²) in [5.74, 6) is 0. The van der Waals surface area contributed by atoms with Gasteiger partial charge in [0.15, 0.2) is 18.9 Å². The summed E-state index contributed by atoms with van der Waals surface area (Å²) in [7, 11) is 0. The van der Waals surface area contributed by atoms with Crippen LogP contribution in [0, 0.1) is 0 Å². The molecule has 28 heavy (non-hydrogen) atoms. The van der Waals surface area contributed by atoms with E-state index in [1.54, 1.807) is 0 Å². The minimum absolute atomic E-state index is 0.308. The van der Waals surface area contributed by atoms with E-state index in [-0.39, 0.29) is 19.8 Å². The summed E-state index contributed by atoms with van der Waals surface area (Å²) in [5, 5.41) is 78.6. The summed E-state index contributed by atoms with van der Waals surface area (Å²) >= 11 is 0. The zero-order chi connectivity index (χ0) is 20.6. The van der Waals surface area contributed by atoms with Crippen LogP contribution in [-0.4, -0.2) is 134 Å². The molecule has 3 fully saturated rings. The fourth-order valence-corrected chi connectivity index (χ4v) is 3.16. The summed E-state index contributed by atoms with van der Waals surface area (Å²) in [6.07, 6.45) is -17.6. The number of rotatable bonds is 4. The van der Waals surface area contributed by atoms with E-state index in [4.69, 9.17) is 23.7 Å². The molecule has 13 nitrogen and oxygen atoms in total. The molecule has 12 atom stereocenters. The minimum Gasteiger partial charge on any atom is -0.388 e. The van der Waals surface area contributed by atoms with Gasteiger partial charge in [0, 0.05) is 0 Å². The highest BCUT2D eigenvalue weighted by molar-refractivity contribution is 4.90. The van der Waals surface area contributed by atoms with Crippen molar-refractivity contribution in [2.45, 2.75) is 73.8 Å². The number of aliphatic hydroxyl groups excluding tert-OH is 8. The molecule has 0 spiro atoms. The smallest absolute Gasteiger partial charge is 0.186 e. The Labute approximate surface area is 159 Å². The first-order valence-corrected chi connectivity index (χ1v) is 8.81. The molecule has 3 heterocycles. The van der Waals surface area contributed by atoms with Gasteiger partial charge in [-0.15, -0.1) is 0 Å². The Morgan fingerprint density at radius 2 is 1.04 bits per heavy atom. The van der Waals surface area contributed by atoms with Crippen molar-refractivity contribution >= 4 is 0 Å². The first-order chi connectivity index (χ1) is 13.2. The van der Waals surface area contributed by atoms with E-state index in [1.165, 1.54) is 0 Å². The maximum Gasteiger partial charge on any atom is 0.186 e. The zero-order valence-electron chi connectivity index (χ0n) is 14.7. The van der Waals surface area contributed by atoms with Crippen molar-refractivity contribution in [2.24, 2.45) is 0 Å². The normalized spacial score (nSPS) is 53.1. The van der Waals surface area contributed by atoms with Gasteiger partial charge in [-0.2, -0.15) is 0 Å². The molecule has 3 aliphatic heterocycles. The molecule has 0 amide bonds. The van der Waals surface area contributed by atoms with E-state index < -0.39 is 73.8 Å². The largest absolute Gasteiger partial charge is 0.388 e. The Hall–Kier alpha value is -0.520. The van der Waals surface area contributed by atoms with E-state index in [0.29, 0.717) is 0 Å². The third-order valence-electron chi connectivity index (χ3n) is 4.94. The number of hydrogen-bond acceptors (Lipinski definition) is 13. The maximum absolute atomic E-state index is 10.5. The van der Waals surface area contributed by atoms with Gasteiger partial charge < -0.3 is 64.5 Å². The van der Waals surface area contributed by atoms with E-state index in [2.05, 4.69) is 0 Å². The topological polar surface area (TPSA) is 208 Å². The van der Waals surface area contributed by atoms with Crippen molar-refractivity contribution < 1.29 is 64.5 Å².